The van der Waals surface area contributed by atoms with E-state index in [0.29, 0.717) is 24.6 Å². The van der Waals surface area contributed by atoms with Crippen molar-refractivity contribution in [2.24, 2.45) is 24.6 Å². The number of anilines is 2. The van der Waals surface area contributed by atoms with Crippen LogP contribution in [0.2, 0.25) is 0 Å². The quantitative estimate of drug-likeness (QED) is 0.340. The number of carbonyl (C=O) groups excluding carboxylic acids is 1. The van der Waals surface area contributed by atoms with E-state index in [9.17, 15) is 9.59 Å². The second kappa shape index (κ2) is 11.4. The molecule has 194 valence electrons. The number of aryl methyl sites for hydroxylation is 1. The number of nitrogens with one attached hydrogen (secondary N) is 2. The molecule has 3 atom stereocenters. The van der Waals surface area contributed by atoms with Gasteiger partial charge in [0.25, 0.3) is 0 Å². The molecule has 0 aliphatic heterocycles. The predicted molar refractivity (Wildman–Crippen MR) is 143 cm³/mol. The number of carbonyl (C=O) groups is 1. The smallest absolute Gasteiger partial charge is 0.323 e. The van der Waals surface area contributed by atoms with E-state index in [1.807, 2.05) is 32.2 Å². The third-order valence-electron chi connectivity index (χ3n) is 6.72. The minimum Gasteiger partial charge on any atom is -0.464 e. The highest BCUT2D eigenvalue weighted by Crippen LogP contribution is 2.29. The number of pyridine rings is 1. The summed E-state index contributed by atoms with van der Waals surface area (Å²) in [5.74, 6) is 1.35. The van der Waals surface area contributed by atoms with Crippen molar-refractivity contribution in [1.29, 1.82) is 0 Å². The summed E-state index contributed by atoms with van der Waals surface area (Å²) in [6, 6.07) is 4.81. The summed E-state index contributed by atoms with van der Waals surface area (Å²) in [6.45, 7) is 4.69. The van der Waals surface area contributed by atoms with E-state index in [1.54, 1.807) is 28.4 Å². The van der Waals surface area contributed by atoms with Crippen LogP contribution in [0, 0.1) is 11.8 Å². The number of hydrogen-bond acceptors (Lipinski definition) is 8. The molecule has 3 heterocycles. The number of hydrogen-bond donors (Lipinski definition) is 3. The van der Waals surface area contributed by atoms with Crippen LogP contribution in [0.1, 0.15) is 45.1 Å². The molecular weight excluding hydrogens is 526 g/mol. The molecule has 10 nitrogen and oxygen atoms in total. The van der Waals surface area contributed by atoms with E-state index >= 15 is 0 Å². The first kappa shape index (κ1) is 26.2. The summed E-state index contributed by atoms with van der Waals surface area (Å²) < 4.78 is 9.68. The predicted octanol–water partition coefficient (Wildman–Crippen LogP) is 3.30. The molecule has 0 aromatic carbocycles. The molecule has 1 aliphatic rings. The van der Waals surface area contributed by atoms with Gasteiger partial charge in [-0.3, -0.25) is 9.59 Å². The second-order valence-corrected chi connectivity index (χ2v) is 10.6. The highest BCUT2D eigenvalue weighted by Gasteiger charge is 2.28. The van der Waals surface area contributed by atoms with Crippen molar-refractivity contribution in [3.63, 3.8) is 0 Å². The van der Waals surface area contributed by atoms with Crippen LogP contribution in [0.25, 0.3) is 5.65 Å². The molecule has 1 aliphatic carbocycles. The fourth-order valence-corrected chi connectivity index (χ4v) is 4.78. The fraction of sp³-hybridized carbons (Fsp3) is 0.520. The average Bonchev–Trinajstić information content (AvgIpc) is 3.24. The number of halogens is 1. The Morgan fingerprint density at radius 2 is 2.08 bits per heavy atom. The maximum atomic E-state index is 12.3. The van der Waals surface area contributed by atoms with Crippen LogP contribution < -0.4 is 21.9 Å². The lowest BCUT2D eigenvalue weighted by Crippen LogP contribution is -2.40. The van der Waals surface area contributed by atoms with E-state index in [-0.39, 0.29) is 29.4 Å². The molecular formula is C25H34BrN7O3. The molecule has 4 N–H and O–H groups in total. The van der Waals surface area contributed by atoms with Gasteiger partial charge in [0.05, 0.1) is 17.3 Å². The topological polar surface area (TPSA) is 129 Å². The van der Waals surface area contributed by atoms with E-state index in [1.165, 1.54) is 0 Å². The summed E-state index contributed by atoms with van der Waals surface area (Å²) in [5.41, 5.74) is 7.56. The largest absolute Gasteiger partial charge is 0.464 e. The van der Waals surface area contributed by atoms with Gasteiger partial charge in [-0.1, -0.05) is 32.8 Å². The van der Waals surface area contributed by atoms with Gasteiger partial charge in [-0.15, -0.1) is 0 Å². The Morgan fingerprint density at radius 1 is 1.31 bits per heavy atom. The van der Waals surface area contributed by atoms with E-state index < -0.39 is 6.04 Å². The second-order valence-electron chi connectivity index (χ2n) is 9.79. The minimum atomic E-state index is -0.607. The standard InChI is InChI=1S/C25H34BrN7O3/c1-15(2)23(27)25(35)36-14-17-6-4-5-7-19(17)30-20-10-21(33-24(31-20)18(26)12-29-33)28-11-16-8-9-22(34)32(3)13-16/h8-10,12-13,15,17,19,23,28H,4-7,11,14,27H2,1-3H3,(H,30,31)/t17-,19-,23-/m0/s1. The molecule has 0 spiro atoms. The molecule has 1 saturated carbocycles. The van der Waals surface area contributed by atoms with E-state index in [0.717, 1.165) is 41.5 Å². The lowest BCUT2D eigenvalue weighted by molar-refractivity contribution is -0.148. The zero-order chi connectivity index (χ0) is 25.8. The highest BCUT2D eigenvalue weighted by atomic mass is 79.9. The Morgan fingerprint density at radius 3 is 2.83 bits per heavy atom. The summed E-state index contributed by atoms with van der Waals surface area (Å²) >= 11 is 3.54. The van der Waals surface area contributed by atoms with Crippen molar-refractivity contribution < 1.29 is 9.53 Å². The van der Waals surface area contributed by atoms with Crippen LogP contribution >= 0.6 is 15.9 Å². The molecule has 11 heteroatoms. The van der Waals surface area contributed by atoms with Crippen molar-refractivity contribution in [1.82, 2.24) is 19.2 Å². The number of aromatic nitrogens is 4. The molecule has 0 bridgehead atoms. The summed E-state index contributed by atoms with van der Waals surface area (Å²) in [4.78, 5) is 28.8. The molecule has 0 saturated heterocycles. The molecule has 0 amide bonds. The van der Waals surface area contributed by atoms with E-state index in [2.05, 4.69) is 31.7 Å². The van der Waals surface area contributed by atoms with Crippen molar-refractivity contribution in [2.45, 2.75) is 58.2 Å². The maximum absolute atomic E-state index is 12.3. The van der Waals surface area contributed by atoms with Crippen LogP contribution in [-0.4, -0.2) is 43.8 Å². The molecule has 3 aromatic rings. The van der Waals surface area contributed by atoms with Crippen LogP contribution in [0.15, 0.2) is 39.9 Å². The summed E-state index contributed by atoms with van der Waals surface area (Å²) in [5, 5.41) is 11.4. The third-order valence-corrected chi connectivity index (χ3v) is 7.28. The van der Waals surface area contributed by atoms with Crippen molar-refractivity contribution in [3.05, 3.63) is 51.0 Å². The number of nitrogens with two attached hydrogens (primary N) is 1. The molecule has 3 aromatic heterocycles. The molecule has 36 heavy (non-hydrogen) atoms. The van der Waals surface area contributed by atoms with Crippen LogP contribution in [0.3, 0.4) is 0 Å². The first-order chi connectivity index (χ1) is 17.2. The van der Waals surface area contributed by atoms with Gasteiger partial charge in [0.15, 0.2) is 5.65 Å². The Bertz CT molecular complexity index is 1270. The highest BCUT2D eigenvalue weighted by molar-refractivity contribution is 9.10. The SMILES string of the molecule is CC(C)[C@H](N)C(=O)OC[C@@H]1CCCC[C@@H]1Nc1cc(NCc2ccc(=O)n(C)c2)n2ncc(Br)c2n1. The Balaban J connectivity index is 1.50. The molecule has 4 rings (SSSR count). The third kappa shape index (κ3) is 6.07. The monoisotopic (exact) mass is 559 g/mol. The lowest BCUT2D eigenvalue weighted by Gasteiger charge is -2.32. The van der Waals surface area contributed by atoms with Gasteiger partial charge in [0, 0.05) is 43.9 Å². The molecule has 1 fully saturated rings. The van der Waals surface area contributed by atoms with Crippen LogP contribution in [-0.2, 0) is 23.1 Å². The van der Waals surface area contributed by atoms with Gasteiger partial charge in [-0.25, -0.2) is 4.98 Å². The normalized spacial score (nSPS) is 18.8. The van der Waals surface area contributed by atoms with Crippen molar-refractivity contribution in [3.8, 4) is 0 Å². The summed E-state index contributed by atoms with van der Waals surface area (Å²) in [6.07, 6.45) is 7.66. The minimum absolute atomic E-state index is 0.0366. The number of esters is 1. The van der Waals surface area contributed by atoms with Gasteiger partial charge in [0.1, 0.15) is 17.7 Å². The van der Waals surface area contributed by atoms with Gasteiger partial charge >= 0.3 is 5.97 Å². The number of fused-ring (bicyclic) bond motifs is 1. The van der Waals surface area contributed by atoms with Crippen LogP contribution in [0.5, 0.6) is 0 Å². The first-order valence-corrected chi connectivity index (χ1v) is 13.1. The molecule has 0 unspecified atom stereocenters. The fourth-order valence-electron chi connectivity index (χ4n) is 4.43. The Kier molecular flexibility index (Phi) is 8.30. The average molecular weight is 560 g/mol. The zero-order valence-electron chi connectivity index (χ0n) is 20.9. The van der Waals surface area contributed by atoms with Gasteiger partial charge < -0.3 is 25.7 Å². The van der Waals surface area contributed by atoms with Crippen molar-refractivity contribution in [2.75, 3.05) is 17.2 Å². The maximum Gasteiger partial charge on any atom is 0.323 e. The van der Waals surface area contributed by atoms with Gasteiger partial charge in [0.2, 0.25) is 5.56 Å². The zero-order valence-corrected chi connectivity index (χ0v) is 22.5. The molecule has 0 radical (unpaired) electrons. The Labute approximate surface area is 218 Å². The summed E-state index contributed by atoms with van der Waals surface area (Å²) in [7, 11) is 1.73. The lowest BCUT2D eigenvalue weighted by atomic mass is 9.85. The number of ether oxygens (including phenoxy) is 1. The number of nitrogens with zero attached hydrogens (tertiary/aromatic N) is 4. The Hall–Kier alpha value is -2.92. The number of rotatable bonds is 9. The first-order valence-electron chi connectivity index (χ1n) is 12.4. The van der Waals surface area contributed by atoms with Gasteiger partial charge in [-0.2, -0.15) is 9.61 Å². The van der Waals surface area contributed by atoms with Crippen LogP contribution in [0.4, 0.5) is 11.6 Å². The van der Waals surface area contributed by atoms with Gasteiger partial charge in [-0.05, 0) is 40.3 Å². The van der Waals surface area contributed by atoms with E-state index in [4.69, 9.17) is 15.5 Å². The van der Waals surface area contributed by atoms with Crippen molar-refractivity contribution >= 4 is 39.2 Å².